The van der Waals surface area contributed by atoms with E-state index in [0.717, 1.165) is 19.8 Å². The third kappa shape index (κ3) is 9.13. The van der Waals surface area contributed by atoms with Crippen LogP contribution in [-0.4, -0.2) is 35.6 Å². The van der Waals surface area contributed by atoms with Crippen molar-refractivity contribution in [2.24, 2.45) is 17.8 Å². The predicted octanol–water partition coefficient (Wildman–Crippen LogP) is -6.42. The second-order valence-electron chi connectivity index (χ2n) is 7.46. The molecule has 148 valence electrons. The van der Waals surface area contributed by atoms with Crippen LogP contribution in [0.3, 0.4) is 0 Å². The number of ether oxygens (including phenoxy) is 2. The Hall–Kier alpha value is -0.120. The number of aliphatic carboxylic acids is 2. The molecule has 0 N–H and O–H groups in total. The molecule has 3 atom stereocenters. The van der Waals surface area contributed by atoms with E-state index in [2.05, 4.69) is 0 Å². The van der Waals surface area contributed by atoms with Gasteiger partial charge in [-0.2, -0.15) is 0 Å². The van der Waals surface area contributed by atoms with Gasteiger partial charge in [-0.15, -0.1) is 0 Å². The molecule has 0 aromatic heterocycles. The van der Waals surface area contributed by atoms with E-state index in [1.165, 1.54) is 0 Å². The Morgan fingerprint density at radius 1 is 1.04 bits per heavy atom. The normalized spacial score (nSPS) is 21.7. The van der Waals surface area contributed by atoms with Crippen LogP contribution in [0, 0.1) is 17.8 Å². The van der Waals surface area contributed by atoms with Gasteiger partial charge in [0.1, 0.15) is 6.10 Å². The molecule has 1 saturated carbocycles. The van der Waals surface area contributed by atoms with Crippen molar-refractivity contribution < 1.29 is 98.0 Å². The summed E-state index contributed by atoms with van der Waals surface area (Å²) in [6, 6.07) is 0. The van der Waals surface area contributed by atoms with Crippen molar-refractivity contribution in [3.63, 3.8) is 0 Å². The Morgan fingerprint density at radius 3 is 1.93 bits per heavy atom. The Kier molecular flexibility index (Phi) is 14.2. The molecule has 0 heterocycles. The quantitative estimate of drug-likeness (QED) is 0.282. The second kappa shape index (κ2) is 13.2. The first kappa shape index (κ1) is 30.1. The zero-order chi connectivity index (χ0) is 20.1. The Labute approximate surface area is 209 Å². The molecule has 3 unspecified atom stereocenters. The summed E-state index contributed by atoms with van der Waals surface area (Å²) in [6.45, 7) is 6.94. The molecular formula is C18H26Na2O8. The number of carboxylic acid groups (broad SMARTS) is 2. The van der Waals surface area contributed by atoms with Gasteiger partial charge >= 0.3 is 71.1 Å². The van der Waals surface area contributed by atoms with Crippen molar-refractivity contribution >= 4 is 23.9 Å². The molecule has 0 spiro atoms. The summed E-state index contributed by atoms with van der Waals surface area (Å²) in [5.74, 6) is -5.09. The summed E-state index contributed by atoms with van der Waals surface area (Å²) in [5.41, 5.74) is -2.49. The molecule has 0 aromatic carbocycles. The zero-order valence-corrected chi connectivity index (χ0v) is 21.6. The summed E-state index contributed by atoms with van der Waals surface area (Å²) in [5, 5.41) is 22.2. The van der Waals surface area contributed by atoms with Gasteiger partial charge in [0.2, 0.25) is 5.60 Å². The van der Waals surface area contributed by atoms with Gasteiger partial charge in [-0.25, -0.2) is 4.79 Å². The van der Waals surface area contributed by atoms with Crippen molar-refractivity contribution in [2.75, 3.05) is 0 Å². The second-order valence-corrected chi connectivity index (χ2v) is 7.46. The molecular weight excluding hydrogens is 390 g/mol. The van der Waals surface area contributed by atoms with Crippen LogP contribution in [-0.2, 0) is 28.7 Å². The van der Waals surface area contributed by atoms with Crippen LogP contribution in [0.25, 0.3) is 0 Å². The van der Waals surface area contributed by atoms with E-state index in [9.17, 15) is 29.4 Å². The SMILES string of the molecule is CC(=O)OC(CC(=O)[O-])(CC(=O)[O-])C(=O)OC1CC(C)CCC1C(C)C.[Na+].[Na+]. The molecule has 1 fully saturated rings. The molecule has 1 aliphatic carbocycles. The van der Waals surface area contributed by atoms with Crippen LogP contribution >= 0.6 is 0 Å². The average molecular weight is 416 g/mol. The van der Waals surface area contributed by atoms with Crippen molar-refractivity contribution in [1.29, 1.82) is 0 Å². The van der Waals surface area contributed by atoms with Gasteiger partial charge in [0.15, 0.2) is 0 Å². The molecule has 8 nitrogen and oxygen atoms in total. The number of hydrogen-bond donors (Lipinski definition) is 0. The van der Waals surface area contributed by atoms with Crippen LogP contribution < -0.4 is 69.3 Å². The van der Waals surface area contributed by atoms with Gasteiger partial charge < -0.3 is 29.3 Å². The summed E-state index contributed by atoms with van der Waals surface area (Å²) < 4.78 is 10.3. The average Bonchev–Trinajstić information content (AvgIpc) is 2.44. The first-order chi connectivity index (χ1) is 12.0. The van der Waals surface area contributed by atoms with E-state index in [0.29, 0.717) is 12.3 Å². The van der Waals surface area contributed by atoms with E-state index in [4.69, 9.17) is 9.47 Å². The fraction of sp³-hybridized carbons (Fsp3) is 0.778. The van der Waals surface area contributed by atoms with Gasteiger partial charge in [-0.1, -0.05) is 27.2 Å². The molecule has 0 aliphatic heterocycles. The van der Waals surface area contributed by atoms with Crippen LogP contribution in [0.4, 0.5) is 0 Å². The number of carbonyl (C=O) groups excluding carboxylic acids is 4. The molecule has 0 bridgehead atoms. The molecule has 28 heavy (non-hydrogen) atoms. The van der Waals surface area contributed by atoms with E-state index in [1.54, 1.807) is 0 Å². The van der Waals surface area contributed by atoms with E-state index in [1.807, 2.05) is 20.8 Å². The Balaban J connectivity index is 0. The fourth-order valence-electron chi connectivity index (χ4n) is 3.56. The minimum atomic E-state index is -2.49. The van der Waals surface area contributed by atoms with Crippen LogP contribution in [0.1, 0.15) is 59.8 Å². The minimum Gasteiger partial charge on any atom is -0.550 e. The maximum Gasteiger partial charge on any atom is 1.00 e. The van der Waals surface area contributed by atoms with Gasteiger partial charge in [-0.3, -0.25) is 4.79 Å². The first-order valence-corrected chi connectivity index (χ1v) is 8.77. The summed E-state index contributed by atoms with van der Waals surface area (Å²) in [6.07, 6.45) is -0.365. The molecule has 0 saturated heterocycles. The summed E-state index contributed by atoms with van der Waals surface area (Å²) >= 11 is 0. The third-order valence-corrected chi connectivity index (χ3v) is 4.79. The van der Waals surface area contributed by atoms with Crippen LogP contribution in [0.15, 0.2) is 0 Å². The Morgan fingerprint density at radius 2 is 1.54 bits per heavy atom. The molecule has 0 aromatic rings. The van der Waals surface area contributed by atoms with Gasteiger partial charge in [-0.05, 0) is 30.6 Å². The van der Waals surface area contributed by atoms with Gasteiger partial charge in [0, 0.05) is 31.7 Å². The standard InChI is InChI=1S/C18H28O8.2Na/c1-10(2)13-6-5-11(3)7-14(13)25-17(24)18(8-15(20)21,9-16(22)23)26-12(4)19;;/h10-11,13-14H,5-9H2,1-4H3,(H,20,21)(H,22,23);;/q;2*+1/p-2. The van der Waals surface area contributed by atoms with Crippen LogP contribution in [0.2, 0.25) is 0 Å². The largest absolute Gasteiger partial charge is 1.00 e. The molecule has 1 rings (SSSR count). The van der Waals surface area contributed by atoms with Crippen molar-refractivity contribution in [3.05, 3.63) is 0 Å². The number of hydrogen-bond acceptors (Lipinski definition) is 8. The minimum absolute atomic E-state index is 0. The third-order valence-electron chi connectivity index (χ3n) is 4.79. The number of carboxylic acids is 2. The number of esters is 2. The van der Waals surface area contributed by atoms with E-state index in [-0.39, 0.29) is 71.0 Å². The summed E-state index contributed by atoms with van der Waals surface area (Å²) in [4.78, 5) is 46.3. The smallest absolute Gasteiger partial charge is 0.550 e. The molecule has 10 heteroatoms. The first-order valence-electron chi connectivity index (χ1n) is 8.77. The summed E-state index contributed by atoms with van der Waals surface area (Å²) in [7, 11) is 0. The number of rotatable bonds is 8. The maximum absolute atomic E-state index is 12.7. The molecule has 0 radical (unpaired) electrons. The number of carbonyl (C=O) groups is 4. The molecule has 0 amide bonds. The molecule has 1 aliphatic rings. The maximum atomic E-state index is 12.7. The van der Waals surface area contributed by atoms with Crippen LogP contribution in [0.5, 0.6) is 0 Å². The topological polar surface area (TPSA) is 133 Å². The van der Waals surface area contributed by atoms with Crippen molar-refractivity contribution in [3.8, 4) is 0 Å². The van der Waals surface area contributed by atoms with E-state index < -0.39 is 48.4 Å². The van der Waals surface area contributed by atoms with Crippen molar-refractivity contribution in [1.82, 2.24) is 0 Å². The van der Waals surface area contributed by atoms with Gasteiger partial charge in [0.05, 0.1) is 0 Å². The van der Waals surface area contributed by atoms with E-state index >= 15 is 0 Å². The Bertz CT molecular complexity index is 523. The monoisotopic (exact) mass is 416 g/mol. The van der Waals surface area contributed by atoms with Gasteiger partial charge in [0.25, 0.3) is 0 Å². The fourth-order valence-corrected chi connectivity index (χ4v) is 3.56. The predicted molar refractivity (Wildman–Crippen MR) is 85.0 cm³/mol. The van der Waals surface area contributed by atoms with Crippen molar-refractivity contribution in [2.45, 2.75) is 71.5 Å². The zero-order valence-electron chi connectivity index (χ0n) is 17.6.